The molecule has 170 valence electrons. The van der Waals surface area contributed by atoms with Crippen molar-refractivity contribution in [2.24, 2.45) is 0 Å². The van der Waals surface area contributed by atoms with Crippen LogP contribution in [0.2, 0.25) is 0 Å². The van der Waals surface area contributed by atoms with Gasteiger partial charge in [-0.25, -0.2) is 4.79 Å². The van der Waals surface area contributed by atoms with Crippen molar-refractivity contribution < 1.29 is 24.1 Å². The van der Waals surface area contributed by atoms with E-state index in [9.17, 15) is 9.90 Å². The summed E-state index contributed by atoms with van der Waals surface area (Å²) < 4.78 is 18.0. The van der Waals surface area contributed by atoms with Gasteiger partial charge in [-0.15, -0.1) is 0 Å². The number of benzene rings is 2. The lowest BCUT2D eigenvalue weighted by Crippen LogP contribution is -2.15. The molecule has 3 rings (SSSR count). The summed E-state index contributed by atoms with van der Waals surface area (Å²) in [5.74, 6) is 1.19. The number of aromatic carboxylic acids is 1. The number of hydrogen-bond donors (Lipinski definition) is 2. The van der Waals surface area contributed by atoms with Crippen LogP contribution >= 0.6 is 0 Å². The zero-order valence-electron chi connectivity index (χ0n) is 19.2. The third-order valence-electron chi connectivity index (χ3n) is 5.68. The fourth-order valence-corrected chi connectivity index (χ4v) is 3.96. The van der Waals surface area contributed by atoms with E-state index in [-0.39, 0.29) is 0 Å². The fourth-order valence-electron chi connectivity index (χ4n) is 3.96. The number of carboxylic acids is 1. The quantitative estimate of drug-likeness (QED) is 0.495. The van der Waals surface area contributed by atoms with Gasteiger partial charge >= 0.3 is 5.97 Å². The van der Waals surface area contributed by atoms with E-state index >= 15 is 0 Å². The first kappa shape index (κ1) is 23.2. The number of nitrogens with zero attached hydrogens (tertiary/aromatic N) is 1. The van der Waals surface area contributed by atoms with Crippen molar-refractivity contribution in [3.63, 3.8) is 0 Å². The molecule has 0 saturated heterocycles. The highest BCUT2D eigenvalue weighted by molar-refractivity contribution is 5.91. The standard InChI is InChI=1S/C25H30N2O5/c1-16-21(14-26-13-18-9-10-22(31-4)23(12-18)32-5)24(25(28)29)17(2)27(16)15-19-7-6-8-20(11-19)30-3/h6-12,26H,13-15H2,1-5H3,(H,28,29). The number of nitrogens with one attached hydrogen (secondary N) is 1. The van der Waals surface area contributed by atoms with Crippen molar-refractivity contribution in [2.45, 2.75) is 33.5 Å². The highest BCUT2D eigenvalue weighted by Crippen LogP contribution is 2.28. The molecule has 0 aliphatic carbocycles. The molecule has 0 fully saturated rings. The second kappa shape index (κ2) is 10.2. The molecule has 0 amide bonds. The number of ether oxygens (including phenoxy) is 3. The van der Waals surface area contributed by atoms with Gasteiger partial charge in [0.2, 0.25) is 0 Å². The maximum atomic E-state index is 12.1. The summed E-state index contributed by atoms with van der Waals surface area (Å²) in [7, 11) is 4.84. The molecule has 7 nitrogen and oxygen atoms in total. The van der Waals surface area contributed by atoms with Crippen LogP contribution in [0, 0.1) is 13.8 Å². The van der Waals surface area contributed by atoms with Gasteiger partial charge < -0.3 is 29.2 Å². The molecule has 0 aliphatic heterocycles. The lowest BCUT2D eigenvalue weighted by atomic mass is 10.1. The van der Waals surface area contributed by atoms with E-state index in [4.69, 9.17) is 14.2 Å². The van der Waals surface area contributed by atoms with E-state index in [1.807, 2.05) is 60.9 Å². The van der Waals surface area contributed by atoms with Gasteiger partial charge in [0.1, 0.15) is 5.75 Å². The third kappa shape index (κ3) is 4.89. The van der Waals surface area contributed by atoms with Crippen LogP contribution < -0.4 is 19.5 Å². The van der Waals surface area contributed by atoms with Gasteiger partial charge in [0, 0.05) is 36.6 Å². The predicted octanol–water partition coefficient (Wildman–Crippen LogP) is 4.17. The number of rotatable bonds is 10. The highest BCUT2D eigenvalue weighted by Gasteiger charge is 2.22. The molecule has 0 atom stereocenters. The van der Waals surface area contributed by atoms with Crippen molar-refractivity contribution >= 4 is 5.97 Å². The minimum absolute atomic E-state index is 0.352. The molecular weight excluding hydrogens is 408 g/mol. The Morgan fingerprint density at radius 3 is 2.31 bits per heavy atom. The molecule has 0 spiro atoms. The van der Waals surface area contributed by atoms with Crippen LogP contribution in [0.1, 0.15) is 38.4 Å². The zero-order valence-corrected chi connectivity index (χ0v) is 19.2. The monoisotopic (exact) mass is 438 g/mol. The van der Waals surface area contributed by atoms with Crippen LogP contribution in [-0.4, -0.2) is 37.0 Å². The molecule has 0 bridgehead atoms. The first-order valence-electron chi connectivity index (χ1n) is 10.4. The normalized spacial score (nSPS) is 10.8. The summed E-state index contributed by atoms with van der Waals surface area (Å²) in [6.45, 7) is 5.40. The highest BCUT2D eigenvalue weighted by atomic mass is 16.5. The van der Waals surface area contributed by atoms with Gasteiger partial charge in [0.15, 0.2) is 11.5 Å². The van der Waals surface area contributed by atoms with Crippen LogP contribution in [-0.2, 0) is 19.6 Å². The Morgan fingerprint density at radius 2 is 1.66 bits per heavy atom. The maximum absolute atomic E-state index is 12.1. The zero-order chi connectivity index (χ0) is 23.3. The van der Waals surface area contributed by atoms with E-state index in [1.54, 1.807) is 21.3 Å². The molecule has 32 heavy (non-hydrogen) atoms. The topological polar surface area (TPSA) is 82.0 Å². The molecule has 3 aromatic rings. The van der Waals surface area contributed by atoms with Crippen LogP contribution in [0.25, 0.3) is 0 Å². The maximum Gasteiger partial charge on any atom is 0.337 e. The minimum Gasteiger partial charge on any atom is -0.497 e. The molecule has 2 aromatic carbocycles. The second-order valence-corrected chi connectivity index (χ2v) is 7.56. The van der Waals surface area contributed by atoms with Crippen molar-refractivity contribution in [3.8, 4) is 17.2 Å². The lowest BCUT2D eigenvalue weighted by Gasteiger charge is -2.12. The Balaban J connectivity index is 1.81. The molecule has 0 saturated carbocycles. The van der Waals surface area contributed by atoms with Crippen LogP contribution in [0.5, 0.6) is 17.2 Å². The fraction of sp³-hybridized carbons (Fsp3) is 0.320. The van der Waals surface area contributed by atoms with Gasteiger partial charge in [-0.05, 0) is 49.2 Å². The molecule has 1 aromatic heterocycles. The van der Waals surface area contributed by atoms with Gasteiger partial charge in [-0.1, -0.05) is 18.2 Å². The van der Waals surface area contributed by atoms with Crippen molar-refractivity contribution in [1.82, 2.24) is 9.88 Å². The smallest absolute Gasteiger partial charge is 0.337 e. The minimum atomic E-state index is -0.919. The number of carbonyl (C=O) groups is 1. The van der Waals surface area contributed by atoms with Crippen LogP contribution in [0.4, 0.5) is 0 Å². The molecule has 0 aliphatic rings. The van der Waals surface area contributed by atoms with Gasteiger partial charge in [-0.3, -0.25) is 0 Å². The first-order chi connectivity index (χ1) is 15.4. The summed E-state index contributed by atoms with van der Waals surface area (Å²) in [5, 5.41) is 13.3. The van der Waals surface area contributed by atoms with Crippen molar-refractivity contribution in [1.29, 1.82) is 0 Å². The lowest BCUT2D eigenvalue weighted by molar-refractivity contribution is 0.0694. The van der Waals surface area contributed by atoms with Gasteiger partial charge in [0.25, 0.3) is 0 Å². The van der Waals surface area contributed by atoms with Crippen molar-refractivity contribution in [3.05, 3.63) is 76.1 Å². The number of carboxylic acid groups (broad SMARTS) is 1. The first-order valence-corrected chi connectivity index (χ1v) is 10.4. The van der Waals surface area contributed by atoms with Crippen molar-refractivity contribution in [2.75, 3.05) is 21.3 Å². The Bertz CT molecular complexity index is 1100. The van der Waals surface area contributed by atoms with Gasteiger partial charge in [-0.2, -0.15) is 0 Å². The van der Waals surface area contributed by atoms with Crippen LogP contribution in [0.3, 0.4) is 0 Å². The Morgan fingerprint density at radius 1 is 0.906 bits per heavy atom. The van der Waals surface area contributed by atoms with E-state index in [0.717, 1.165) is 33.8 Å². The van der Waals surface area contributed by atoms with E-state index < -0.39 is 5.97 Å². The molecule has 0 radical (unpaired) electrons. The molecule has 0 unspecified atom stereocenters. The predicted molar refractivity (Wildman–Crippen MR) is 123 cm³/mol. The Kier molecular flexibility index (Phi) is 7.43. The van der Waals surface area contributed by atoms with E-state index in [1.165, 1.54) is 0 Å². The average Bonchev–Trinajstić information content (AvgIpc) is 3.03. The summed E-state index contributed by atoms with van der Waals surface area (Å²) in [6.07, 6.45) is 0. The summed E-state index contributed by atoms with van der Waals surface area (Å²) in [5.41, 5.74) is 4.88. The summed E-state index contributed by atoms with van der Waals surface area (Å²) in [4.78, 5) is 12.1. The van der Waals surface area contributed by atoms with Gasteiger partial charge in [0.05, 0.1) is 26.9 Å². The Labute approximate surface area is 188 Å². The molecular formula is C25H30N2O5. The number of aromatic nitrogens is 1. The van der Waals surface area contributed by atoms with E-state index in [2.05, 4.69) is 5.32 Å². The van der Waals surface area contributed by atoms with Crippen LogP contribution in [0.15, 0.2) is 42.5 Å². The summed E-state index contributed by atoms with van der Waals surface area (Å²) in [6, 6.07) is 13.5. The number of hydrogen-bond acceptors (Lipinski definition) is 5. The third-order valence-corrected chi connectivity index (χ3v) is 5.68. The average molecular weight is 439 g/mol. The summed E-state index contributed by atoms with van der Waals surface area (Å²) >= 11 is 0. The molecule has 2 N–H and O–H groups in total. The SMILES string of the molecule is COc1cccc(Cn2c(C)c(CNCc3ccc(OC)c(OC)c3)c(C(=O)O)c2C)c1. The number of methoxy groups -OCH3 is 3. The second-order valence-electron chi connectivity index (χ2n) is 7.56. The van der Waals surface area contributed by atoms with E-state index in [0.29, 0.717) is 36.7 Å². The molecule has 1 heterocycles. The Hall–Kier alpha value is -3.45. The molecule has 7 heteroatoms. The largest absolute Gasteiger partial charge is 0.497 e.